The predicted molar refractivity (Wildman–Crippen MR) is 130 cm³/mol. The van der Waals surface area contributed by atoms with E-state index < -0.39 is 0 Å². The largest absolute Gasteiger partial charge is 0.497 e. The maximum atomic E-state index is 5.82. The third-order valence-electron chi connectivity index (χ3n) is 4.36. The van der Waals surface area contributed by atoms with E-state index in [4.69, 9.17) is 16.3 Å². The van der Waals surface area contributed by atoms with E-state index in [1.54, 1.807) is 7.11 Å². The lowest BCUT2D eigenvalue weighted by molar-refractivity contribution is 0.415. The number of rotatable bonds is 3. The second-order valence-corrected chi connectivity index (χ2v) is 7.67. The van der Waals surface area contributed by atoms with E-state index in [2.05, 4.69) is 31.3 Å². The zero-order valence-corrected chi connectivity index (χ0v) is 18.5. The van der Waals surface area contributed by atoms with Crippen LogP contribution in [0.3, 0.4) is 0 Å². The van der Waals surface area contributed by atoms with Crippen LogP contribution in [-0.4, -0.2) is 7.11 Å². The van der Waals surface area contributed by atoms with Gasteiger partial charge in [-0.15, -0.1) is 25.3 Å². The molecule has 0 spiro atoms. The Morgan fingerprint density at radius 1 is 0.586 bits per heavy atom. The Morgan fingerprint density at radius 2 is 1.00 bits per heavy atom. The van der Waals surface area contributed by atoms with Crippen molar-refractivity contribution < 1.29 is 4.74 Å². The van der Waals surface area contributed by atoms with E-state index in [9.17, 15) is 0 Å². The summed E-state index contributed by atoms with van der Waals surface area (Å²) in [5.74, 6) is 0.871. The van der Waals surface area contributed by atoms with Crippen LogP contribution in [0, 0.1) is 0 Å². The number of methoxy groups -OCH3 is 1. The number of halogens is 1. The third-order valence-corrected chi connectivity index (χ3v) is 5.40. The monoisotopic (exact) mass is 436 g/mol. The average molecular weight is 437 g/mol. The molecule has 0 heterocycles. The molecule has 4 heteroatoms. The zero-order valence-electron chi connectivity index (χ0n) is 15.9. The third kappa shape index (κ3) is 5.83. The van der Waals surface area contributed by atoms with Crippen molar-refractivity contribution in [2.75, 3.05) is 7.11 Å². The molecule has 0 atom stereocenters. The van der Waals surface area contributed by atoms with Crippen LogP contribution >= 0.6 is 36.9 Å². The Hall–Kier alpha value is -2.33. The molecule has 0 fully saturated rings. The fourth-order valence-electron chi connectivity index (χ4n) is 2.84. The minimum Gasteiger partial charge on any atom is -0.497 e. The SMILES string of the molecule is COc1ccc(-c2ccccc2S)cc1.Sc1ccccc1-c1ccc(Cl)cc1. The molecule has 29 heavy (non-hydrogen) atoms. The number of hydrogen-bond acceptors (Lipinski definition) is 3. The van der Waals surface area contributed by atoms with Gasteiger partial charge in [0.1, 0.15) is 5.75 Å². The number of ether oxygens (including phenoxy) is 1. The zero-order chi connectivity index (χ0) is 20.6. The van der Waals surface area contributed by atoms with Gasteiger partial charge in [-0.05, 0) is 58.7 Å². The Bertz CT molecular complexity index is 1060. The van der Waals surface area contributed by atoms with Crippen LogP contribution in [0.15, 0.2) is 107 Å². The maximum Gasteiger partial charge on any atom is 0.118 e. The molecule has 0 unspecified atom stereocenters. The molecular weight excluding hydrogens is 416 g/mol. The van der Waals surface area contributed by atoms with Crippen LogP contribution in [0.25, 0.3) is 22.3 Å². The van der Waals surface area contributed by atoms with Gasteiger partial charge in [0, 0.05) is 14.8 Å². The van der Waals surface area contributed by atoms with Gasteiger partial charge in [-0.3, -0.25) is 0 Å². The highest BCUT2D eigenvalue weighted by Gasteiger charge is 2.01. The molecule has 1 nitrogen and oxygen atoms in total. The molecule has 4 aromatic carbocycles. The fourth-order valence-corrected chi connectivity index (χ4v) is 3.54. The van der Waals surface area contributed by atoms with Crippen molar-refractivity contribution in [2.24, 2.45) is 0 Å². The van der Waals surface area contributed by atoms with Gasteiger partial charge < -0.3 is 4.74 Å². The Morgan fingerprint density at radius 3 is 1.41 bits per heavy atom. The summed E-state index contributed by atoms with van der Waals surface area (Å²) in [6.45, 7) is 0. The van der Waals surface area contributed by atoms with E-state index >= 15 is 0 Å². The van der Waals surface area contributed by atoms with E-state index in [-0.39, 0.29) is 0 Å². The van der Waals surface area contributed by atoms with Crippen molar-refractivity contribution in [1.29, 1.82) is 0 Å². The molecule has 4 rings (SSSR count). The summed E-state index contributed by atoms with van der Waals surface area (Å²) in [5, 5.41) is 0.755. The van der Waals surface area contributed by atoms with E-state index in [0.717, 1.165) is 42.8 Å². The van der Waals surface area contributed by atoms with Crippen LogP contribution < -0.4 is 4.74 Å². The summed E-state index contributed by atoms with van der Waals surface area (Å²) in [5.41, 5.74) is 4.57. The Kier molecular flexibility index (Phi) is 7.70. The highest BCUT2D eigenvalue weighted by molar-refractivity contribution is 7.80. The molecule has 0 aliphatic heterocycles. The summed E-state index contributed by atoms with van der Waals surface area (Å²) >= 11 is 14.6. The fraction of sp³-hybridized carbons (Fsp3) is 0.0400. The molecule has 0 bridgehead atoms. The van der Waals surface area contributed by atoms with Crippen LogP contribution in [0.2, 0.25) is 5.02 Å². The molecule has 4 aromatic rings. The maximum absolute atomic E-state index is 5.82. The van der Waals surface area contributed by atoms with Crippen molar-refractivity contribution >= 4 is 36.9 Å². The highest BCUT2D eigenvalue weighted by Crippen LogP contribution is 2.28. The lowest BCUT2D eigenvalue weighted by Crippen LogP contribution is -1.83. The lowest BCUT2D eigenvalue weighted by Gasteiger charge is -2.05. The first kappa shape index (κ1) is 21.4. The Balaban J connectivity index is 0.000000166. The van der Waals surface area contributed by atoms with Crippen LogP contribution in [0.1, 0.15) is 0 Å². The molecule has 0 aliphatic carbocycles. The number of hydrogen-bond donors (Lipinski definition) is 2. The molecule has 0 radical (unpaired) electrons. The van der Waals surface area contributed by atoms with Crippen molar-refractivity contribution in [2.45, 2.75) is 9.79 Å². The minimum absolute atomic E-state index is 0.755. The molecule has 0 saturated heterocycles. The van der Waals surface area contributed by atoms with E-state index in [1.807, 2.05) is 91.0 Å². The van der Waals surface area contributed by atoms with Crippen molar-refractivity contribution in [1.82, 2.24) is 0 Å². The summed E-state index contributed by atoms with van der Waals surface area (Å²) in [6.07, 6.45) is 0. The predicted octanol–water partition coefficient (Wildman–Crippen LogP) is 7.95. The molecule has 0 amide bonds. The number of benzene rings is 4. The summed E-state index contributed by atoms with van der Waals surface area (Å²) in [6, 6.07) is 31.8. The quantitative estimate of drug-likeness (QED) is 0.310. The average Bonchev–Trinajstić information content (AvgIpc) is 2.76. The van der Waals surface area contributed by atoms with Crippen LogP contribution in [0.5, 0.6) is 5.75 Å². The van der Waals surface area contributed by atoms with Crippen LogP contribution in [-0.2, 0) is 0 Å². The van der Waals surface area contributed by atoms with E-state index in [0.29, 0.717) is 0 Å². The second kappa shape index (κ2) is 10.4. The first-order valence-corrected chi connectivity index (χ1v) is 10.3. The van der Waals surface area contributed by atoms with Crippen molar-refractivity contribution in [3.63, 3.8) is 0 Å². The standard InChI is InChI=1S/C13H12OS.C12H9ClS/c1-14-11-8-6-10(7-9-11)12-4-2-3-5-13(12)15;13-10-7-5-9(6-8-10)11-3-1-2-4-12(11)14/h2-9,15H,1H3;1-8,14H. The molecule has 0 aliphatic rings. The molecule has 0 aromatic heterocycles. The topological polar surface area (TPSA) is 9.23 Å². The van der Waals surface area contributed by atoms with Gasteiger partial charge in [0.25, 0.3) is 0 Å². The smallest absolute Gasteiger partial charge is 0.118 e. The molecule has 0 N–H and O–H groups in total. The van der Waals surface area contributed by atoms with Gasteiger partial charge in [0.2, 0.25) is 0 Å². The first-order chi connectivity index (χ1) is 14.1. The van der Waals surface area contributed by atoms with Gasteiger partial charge in [-0.25, -0.2) is 0 Å². The van der Waals surface area contributed by atoms with Gasteiger partial charge in [-0.1, -0.05) is 72.3 Å². The normalized spacial score (nSPS) is 10.1. The molecule has 0 saturated carbocycles. The Labute approximate surface area is 188 Å². The van der Waals surface area contributed by atoms with Gasteiger partial charge >= 0.3 is 0 Å². The van der Waals surface area contributed by atoms with E-state index in [1.165, 1.54) is 0 Å². The van der Waals surface area contributed by atoms with Crippen molar-refractivity contribution in [3.05, 3.63) is 102 Å². The molecular formula is C25H21ClOS2. The van der Waals surface area contributed by atoms with Crippen molar-refractivity contribution in [3.8, 4) is 28.0 Å². The van der Waals surface area contributed by atoms with Gasteiger partial charge in [0.05, 0.1) is 7.11 Å². The highest BCUT2D eigenvalue weighted by atomic mass is 35.5. The lowest BCUT2D eigenvalue weighted by atomic mass is 10.1. The summed E-state index contributed by atoms with van der Waals surface area (Å²) in [7, 11) is 1.67. The number of thiol groups is 2. The first-order valence-electron chi connectivity index (χ1n) is 9.05. The summed E-state index contributed by atoms with van der Waals surface area (Å²) in [4.78, 5) is 1.97. The second-order valence-electron chi connectivity index (χ2n) is 6.27. The molecule has 146 valence electrons. The van der Waals surface area contributed by atoms with Crippen LogP contribution in [0.4, 0.5) is 0 Å². The van der Waals surface area contributed by atoms with Gasteiger partial charge in [-0.2, -0.15) is 0 Å². The summed E-state index contributed by atoms with van der Waals surface area (Å²) < 4.78 is 5.12. The minimum atomic E-state index is 0.755. The van der Waals surface area contributed by atoms with Gasteiger partial charge in [0.15, 0.2) is 0 Å².